The summed E-state index contributed by atoms with van der Waals surface area (Å²) in [5.41, 5.74) is -0.192. The van der Waals surface area contributed by atoms with E-state index in [1.807, 2.05) is 0 Å². The van der Waals surface area contributed by atoms with E-state index in [2.05, 4.69) is 0 Å². The maximum atomic E-state index is 12.5. The van der Waals surface area contributed by atoms with E-state index in [0.29, 0.717) is 17.7 Å². The summed E-state index contributed by atoms with van der Waals surface area (Å²) in [6, 6.07) is 3.17. The van der Waals surface area contributed by atoms with Crippen molar-refractivity contribution in [3.05, 3.63) is 29.3 Å². The van der Waals surface area contributed by atoms with Crippen molar-refractivity contribution in [3.63, 3.8) is 0 Å². The SMILES string of the molecule is CC1Cc2cc(C(=O)C(C(F)(F)F)C(F)(F)F)ccc2O1. The minimum atomic E-state index is -5.68. The van der Waals surface area contributed by atoms with Crippen LogP contribution in [0, 0.1) is 5.92 Å². The molecule has 1 heterocycles. The van der Waals surface area contributed by atoms with Crippen molar-refractivity contribution < 1.29 is 35.9 Å². The third-order valence-electron chi connectivity index (χ3n) is 3.10. The van der Waals surface area contributed by atoms with Gasteiger partial charge in [0.15, 0.2) is 5.78 Å². The van der Waals surface area contributed by atoms with E-state index in [-0.39, 0.29) is 6.10 Å². The third-order valence-corrected chi connectivity index (χ3v) is 3.10. The van der Waals surface area contributed by atoms with E-state index in [9.17, 15) is 31.1 Å². The van der Waals surface area contributed by atoms with Gasteiger partial charge in [-0.05, 0) is 30.7 Å². The summed E-state index contributed by atoms with van der Waals surface area (Å²) in [7, 11) is 0. The molecule has 0 aromatic heterocycles. The first-order valence-corrected chi connectivity index (χ1v) is 5.97. The molecule has 0 fully saturated rings. The molecular formula is C13H10F6O2. The summed E-state index contributed by atoms with van der Waals surface area (Å²) in [6.07, 6.45) is -11.3. The van der Waals surface area contributed by atoms with Crippen LogP contribution >= 0.6 is 0 Å². The number of carbonyl (C=O) groups is 1. The predicted molar refractivity (Wildman–Crippen MR) is 60.2 cm³/mol. The first-order chi connectivity index (χ1) is 9.50. The van der Waals surface area contributed by atoms with Gasteiger partial charge in [0.1, 0.15) is 11.9 Å². The van der Waals surface area contributed by atoms with Crippen molar-refractivity contribution in [2.24, 2.45) is 5.92 Å². The van der Waals surface area contributed by atoms with Gasteiger partial charge in [0.05, 0.1) is 0 Å². The lowest BCUT2D eigenvalue weighted by Gasteiger charge is -2.21. The lowest BCUT2D eigenvalue weighted by Crippen LogP contribution is -2.42. The van der Waals surface area contributed by atoms with Gasteiger partial charge in [-0.2, -0.15) is 26.3 Å². The van der Waals surface area contributed by atoms with E-state index >= 15 is 0 Å². The number of ketones is 1. The van der Waals surface area contributed by atoms with Crippen LogP contribution in [0.15, 0.2) is 18.2 Å². The largest absolute Gasteiger partial charge is 0.490 e. The summed E-state index contributed by atoms with van der Waals surface area (Å²) in [4.78, 5) is 11.6. The first kappa shape index (κ1) is 15.7. The number of rotatable bonds is 2. The molecule has 0 saturated carbocycles. The Morgan fingerprint density at radius 3 is 2.29 bits per heavy atom. The Labute approximate surface area is 115 Å². The van der Waals surface area contributed by atoms with E-state index in [1.54, 1.807) is 6.92 Å². The second-order valence-electron chi connectivity index (χ2n) is 4.84. The van der Waals surface area contributed by atoms with Gasteiger partial charge >= 0.3 is 12.4 Å². The molecule has 0 N–H and O–H groups in total. The Kier molecular flexibility index (Phi) is 3.67. The standard InChI is InChI=1S/C13H10F6O2/c1-6-4-8-5-7(2-3-9(8)21-6)10(20)11(12(14,15)16)13(17,18)19/h2-3,5-6,11H,4H2,1H3. The molecule has 0 aliphatic carbocycles. The fourth-order valence-corrected chi connectivity index (χ4v) is 2.22. The molecule has 116 valence electrons. The molecule has 1 aromatic rings. The fourth-order valence-electron chi connectivity index (χ4n) is 2.22. The molecule has 1 unspecified atom stereocenters. The summed E-state index contributed by atoms with van der Waals surface area (Å²) in [5, 5.41) is 0. The van der Waals surface area contributed by atoms with Gasteiger partial charge in [0, 0.05) is 12.0 Å². The number of hydrogen-bond acceptors (Lipinski definition) is 2. The van der Waals surface area contributed by atoms with Crippen LogP contribution in [0.2, 0.25) is 0 Å². The van der Waals surface area contributed by atoms with Crippen molar-refractivity contribution >= 4 is 5.78 Å². The zero-order valence-corrected chi connectivity index (χ0v) is 10.7. The Balaban J connectivity index is 2.37. The lowest BCUT2D eigenvalue weighted by molar-refractivity contribution is -0.264. The molecule has 0 bridgehead atoms. The van der Waals surface area contributed by atoms with Crippen molar-refractivity contribution in [1.82, 2.24) is 0 Å². The van der Waals surface area contributed by atoms with Crippen LogP contribution in [0.5, 0.6) is 5.75 Å². The zero-order valence-electron chi connectivity index (χ0n) is 10.7. The van der Waals surface area contributed by atoms with E-state index in [1.165, 1.54) is 6.07 Å². The molecule has 0 amide bonds. The number of alkyl halides is 6. The highest BCUT2D eigenvalue weighted by molar-refractivity contribution is 5.99. The van der Waals surface area contributed by atoms with Gasteiger partial charge in [-0.15, -0.1) is 0 Å². The van der Waals surface area contributed by atoms with Crippen molar-refractivity contribution in [1.29, 1.82) is 0 Å². The second-order valence-corrected chi connectivity index (χ2v) is 4.84. The van der Waals surface area contributed by atoms with Gasteiger partial charge in [0.25, 0.3) is 0 Å². The summed E-state index contributed by atoms with van der Waals surface area (Å²) < 4.78 is 80.4. The molecule has 2 rings (SSSR count). The summed E-state index contributed by atoms with van der Waals surface area (Å²) >= 11 is 0. The van der Waals surface area contributed by atoms with Crippen LogP contribution in [-0.4, -0.2) is 24.2 Å². The summed E-state index contributed by atoms with van der Waals surface area (Å²) in [5.74, 6) is -5.64. The number of benzene rings is 1. The molecule has 0 radical (unpaired) electrons. The van der Waals surface area contributed by atoms with E-state index in [0.717, 1.165) is 12.1 Å². The average Bonchev–Trinajstić information content (AvgIpc) is 2.63. The number of hydrogen-bond donors (Lipinski definition) is 0. The van der Waals surface area contributed by atoms with E-state index in [4.69, 9.17) is 4.74 Å². The normalized spacial score (nSPS) is 18.6. The first-order valence-electron chi connectivity index (χ1n) is 5.97. The molecule has 1 aliphatic heterocycles. The molecule has 0 spiro atoms. The Bertz CT molecular complexity index is 547. The van der Waals surface area contributed by atoms with Crippen LogP contribution in [0.1, 0.15) is 22.8 Å². The monoisotopic (exact) mass is 312 g/mol. The second kappa shape index (κ2) is 4.92. The van der Waals surface area contributed by atoms with Gasteiger partial charge in [-0.1, -0.05) is 0 Å². The highest BCUT2D eigenvalue weighted by atomic mass is 19.4. The van der Waals surface area contributed by atoms with Crippen LogP contribution in [0.3, 0.4) is 0 Å². The van der Waals surface area contributed by atoms with Gasteiger partial charge in [0.2, 0.25) is 5.92 Å². The predicted octanol–water partition coefficient (Wildman–Crippen LogP) is 3.93. The molecule has 8 heteroatoms. The number of ether oxygens (including phenoxy) is 1. The van der Waals surface area contributed by atoms with Crippen LogP contribution < -0.4 is 4.74 Å². The van der Waals surface area contributed by atoms with Crippen molar-refractivity contribution in [2.75, 3.05) is 0 Å². The molecule has 1 aromatic carbocycles. The van der Waals surface area contributed by atoms with Gasteiger partial charge in [-0.25, -0.2) is 0 Å². The average molecular weight is 312 g/mol. The number of halogens is 6. The lowest BCUT2D eigenvalue weighted by atomic mass is 9.94. The Morgan fingerprint density at radius 1 is 1.19 bits per heavy atom. The fraction of sp³-hybridized carbons (Fsp3) is 0.462. The minimum absolute atomic E-state index is 0.230. The molecule has 2 nitrogen and oxygen atoms in total. The maximum absolute atomic E-state index is 12.5. The number of fused-ring (bicyclic) bond motifs is 1. The molecule has 1 atom stereocenters. The number of carbonyl (C=O) groups excluding carboxylic acids is 1. The van der Waals surface area contributed by atoms with Crippen LogP contribution in [0.4, 0.5) is 26.3 Å². The topological polar surface area (TPSA) is 26.3 Å². The van der Waals surface area contributed by atoms with Gasteiger partial charge < -0.3 is 4.74 Å². The van der Waals surface area contributed by atoms with Gasteiger partial charge in [-0.3, -0.25) is 4.79 Å². The van der Waals surface area contributed by atoms with Crippen molar-refractivity contribution in [2.45, 2.75) is 31.8 Å². The minimum Gasteiger partial charge on any atom is -0.490 e. The van der Waals surface area contributed by atoms with E-state index < -0.39 is 29.6 Å². The molecular weight excluding hydrogens is 302 g/mol. The maximum Gasteiger partial charge on any atom is 0.407 e. The highest BCUT2D eigenvalue weighted by Gasteiger charge is 2.60. The van der Waals surface area contributed by atoms with Crippen LogP contribution in [-0.2, 0) is 6.42 Å². The summed E-state index contributed by atoms with van der Waals surface area (Å²) in [6.45, 7) is 1.70. The Hall–Kier alpha value is -1.73. The highest BCUT2D eigenvalue weighted by Crippen LogP contribution is 2.42. The third kappa shape index (κ3) is 3.14. The molecule has 1 aliphatic rings. The molecule has 21 heavy (non-hydrogen) atoms. The number of Topliss-reactive ketones (excluding diaryl/α,β-unsaturated/α-hetero) is 1. The quantitative estimate of drug-likeness (QED) is 0.611. The Morgan fingerprint density at radius 2 is 1.76 bits per heavy atom. The molecule has 0 saturated heterocycles. The zero-order chi connectivity index (χ0) is 16.0. The smallest absolute Gasteiger partial charge is 0.407 e. The van der Waals surface area contributed by atoms with Crippen molar-refractivity contribution in [3.8, 4) is 5.75 Å². The van der Waals surface area contributed by atoms with Crippen LogP contribution in [0.25, 0.3) is 0 Å².